The van der Waals surface area contributed by atoms with Crippen LogP contribution in [-0.4, -0.2) is 19.5 Å². The summed E-state index contributed by atoms with van der Waals surface area (Å²) in [6.07, 6.45) is 0. The maximum atomic E-state index is 12.4. The number of likely N-dealkylation sites (N-methyl/N-ethyl adjacent to an activating group) is 1. The molecule has 2 N–H and O–H groups in total. The average Bonchev–Trinajstić information content (AvgIpc) is 2.16. The Balaban J connectivity index is 2.46. The van der Waals surface area contributed by atoms with Crippen molar-refractivity contribution in [3.05, 3.63) is 30.1 Å². The van der Waals surface area contributed by atoms with E-state index in [1.807, 2.05) is 0 Å². The molecular weight excluding hydrogens is 171 g/mol. The van der Waals surface area contributed by atoms with Crippen LogP contribution in [0.3, 0.4) is 0 Å². The standard InChI is InChI=1S/C9H11FN2O/c1-11-9(13)6-12-8-4-2-7(10)3-5-8/h2-5,12H,6H2,1H3,(H,11,13). The molecule has 70 valence electrons. The number of carbonyl (C=O) groups is 1. The third-order valence-electron chi connectivity index (χ3n) is 1.58. The summed E-state index contributed by atoms with van der Waals surface area (Å²) in [5, 5.41) is 5.31. The molecule has 1 aromatic rings. The third kappa shape index (κ3) is 3.11. The minimum Gasteiger partial charge on any atom is -0.376 e. The number of halogens is 1. The van der Waals surface area contributed by atoms with Crippen molar-refractivity contribution in [3.8, 4) is 0 Å². The van der Waals surface area contributed by atoms with E-state index in [4.69, 9.17) is 0 Å². The van der Waals surface area contributed by atoms with Gasteiger partial charge in [-0.1, -0.05) is 0 Å². The van der Waals surface area contributed by atoms with E-state index in [1.54, 1.807) is 19.2 Å². The van der Waals surface area contributed by atoms with Gasteiger partial charge in [-0.05, 0) is 24.3 Å². The van der Waals surface area contributed by atoms with Gasteiger partial charge in [0.1, 0.15) is 5.82 Å². The van der Waals surface area contributed by atoms with Gasteiger partial charge in [-0.25, -0.2) is 4.39 Å². The molecule has 0 heterocycles. The van der Waals surface area contributed by atoms with Crippen LogP contribution < -0.4 is 10.6 Å². The van der Waals surface area contributed by atoms with Crippen LogP contribution in [-0.2, 0) is 4.79 Å². The molecular formula is C9H11FN2O. The van der Waals surface area contributed by atoms with E-state index in [9.17, 15) is 9.18 Å². The topological polar surface area (TPSA) is 41.1 Å². The molecule has 0 spiro atoms. The Morgan fingerprint density at radius 3 is 2.54 bits per heavy atom. The lowest BCUT2D eigenvalue weighted by atomic mass is 10.3. The molecule has 1 amide bonds. The van der Waals surface area contributed by atoms with Crippen molar-refractivity contribution in [1.29, 1.82) is 0 Å². The van der Waals surface area contributed by atoms with Gasteiger partial charge in [-0.2, -0.15) is 0 Å². The van der Waals surface area contributed by atoms with Gasteiger partial charge < -0.3 is 10.6 Å². The summed E-state index contributed by atoms with van der Waals surface area (Å²) in [4.78, 5) is 10.8. The van der Waals surface area contributed by atoms with Crippen LogP contribution in [0.2, 0.25) is 0 Å². The summed E-state index contributed by atoms with van der Waals surface area (Å²) in [5.74, 6) is -0.394. The van der Waals surface area contributed by atoms with Gasteiger partial charge in [0.2, 0.25) is 5.91 Å². The second-order valence-corrected chi connectivity index (χ2v) is 2.53. The highest BCUT2D eigenvalue weighted by Crippen LogP contribution is 2.07. The second kappa shape index (κ2) is 4.45. The molecule has 0 unspecified atom stereocenters. The van der Waals surface area contributed by atoms with E-state index < -0.39 is 0 Å². The molecule has 1 rings (SSSR count). The number of benzene rings is 1. The molecule has 3 nitrogen and oxygen atoms in total. The Morgan fingerprint density at radius 1 is 1.38 bits per heavy atom. The molecule has 1 aromatic carbocycles. The molecule has 4 heteroatoms. The maximum absolute atomic E-state index is 12.4. The molecule has 0 aliphatic carbocycles. The van der Waals surface area contributed by atoms with Crippen molar-refractivity contribution >= 4 is 11.6 Å². The lowest BCUT2D eigenvalue weighted by molar-refractivity contribution is -0.118. The molecule has 0 saturated carbocycles. The van der Waals surface area contributed by atoms with Crippen molar-refractivity contribution < 1.29 is 9.18 Å². The number of rotatable bonds is 3. The van der Waals surface area contributed by atoms with E-state index in [2.05, 4.69) is 10.6 Å². The molecule has 0 atom stereocenters. The summed E-state index contributed by atoms with van der Waals surface area (Å²) < 4.78 is 12.4. The predicted octanol–water partition coefficient (Wildman–Crippen LogP) is 0.984. The summed E-state index contributed by atoms with van der Waals surface area (Å²) in [5.41, 5.74) is 0.727. The van der Waals surface area contributed by atoms with Gasteiger partial charge in [0, 0.05) is 12.7 Å². The fraction of sp³-hybridized carbons (Fsp3) is 0.222. The van der Waals surface area contributed by atoms with Gasteiger partial charge in [-0.3, -0.25) is 4.79 Å². The Labute approximate surface area is 76.0 Å². The Hall–Kier alpha value is -1.58. The first-order valence-electron chi connectivity index (χ1n) is 3.92. The number of nitrogens with one attached hydrogen (secondary N) is 2. The van der Waals surface area contributed by atoms with Crippen LogP contribution in [0.5, 0.6) is 0 Å². The lowest BCUT2D eigenvalue weighted by Gasteiger charge is -2.04. The van der Waals surface area contributed by atoms with Crippen LogP contribution in [0.25, 0.3) is 0 Å². The Bertz CT molecular complexity index is 284. The van der Waals surface area contributed by atoms with Crippen LogP contribution in [0.4, 0.5) is 10.1 Å². The molecule has 0 aliphatic rings. The van der Waals surface area contributed by atoms with Gasteiger partial charge in [0.15, 0.2) is 0 Å². The van der Waals surface area contributed by atoms with Crippen LogP contribution >= 0.6 is 0 Å². The van der Waals surface area contributed by atoms with Crippen molar-refractivity contribution in [2.45, 2.75) is 0 Å². The smallest absolute Gasteiger partial charge is 0.239 e. The number of hydrogen-bond acceptors (Lipinski definition) is 2. The van der Waals surface area contributed by atoms with Crippen molar-refractivity contribution in [2.75, 3.05) is 18.9 Å². The highest BCUT2D eigenvalue weighted by Gasteiger charge is 1.97. The van der Waals surface area contributed by atoms with Crippen molar-refractivity contribution in [1.82, 2.24) is 5.32 Å². The van der Waals surface area contributed by atoms with Gasteiger partial charge in [0.25, 0.3) is 0 Å². The Morgan fingerprint density at radius 2 is 2.00 bits per heavy atom. The number of hydrogen-bond donors (Lipinski definition) is 2. The van der Waals surface area contributed by atoms with Gasteiger partial charge in [0.05, 0.1) is 6.54 Å². The monoisotopic (exact) mass is 182 g/mol. The zero-order valence-electron chi connectivity index (χ0n) is 7.30. The minimum atomic E-state index is -0.287. The summed E-state index contributed by atoms with van der Waals surface area (Å²) >= 11 is 0. The lowest BCUT2D eigenvalue weighted by Crippen LogP contribution is -2.26. The molecule has 0 aromatic heterocycles. The first-order chi connectivity index (χ1) is 6.22. The van der Waals surface area contributed by atoms with Crippen molar-refractivity contribution in [2.24, 2.45) is 0 Å². The van der Waals surface area contributed by atoms with E-state index in [1.165, 1.54) is 12.1 Å². The fourth-order valence-corrected chi connectivity index (χ4v) is 0.838. The van der Waals surface area contributed by atoms with Crippen LogP contribution in [0, 0.1) is 5.82 Å². The highest BCUT2D eigenvalue weighted by atomic mass is 19.1. The van der Waals surface area contributed by atoms with Gasteiger partial charge in [-0.15, -0.1) is 0 Å². The zero-order chi connectivity index (χ0) is 9.68. The maximum Gasteiger partial charge on any atom is 0.239 e. The number of amides is 1. The van der Waals surface area contributed by atoms with E-state index in [-0.39, 0.29) is 18.3 Å². The summed E-state index contributed by atoms with van der Waals surface area (Å²) in [7, 11) is 1.56. The SMILES string of the molecule is CNC(=O)CNc1ccc(F)cc1. The number of anilines is 1. The number of carbonyl (C=O) groups excluding carboxylic acids is 1. The minimum absolute atomic E-state index is 0.107. The van der Waals surface area contributed by atoms with Crippen LogP contribution in [0.1, 0.15) is 0 Å². The summed E-state index contributed by atoms with van der Waals surface area (Å²) in [6, 6.07) is 5.84. The van der Waals surface area contributed by atoms with E-state index in [0.717, 1.165) is 5.69 Å². The zero-order valence-corrected chi connectivity index (χ0v) is 7.30. The molecule has 0 bridgehead atoms. The Kier molecular flexibility index (Phi) is 3.25. The normalized spacial score (nSPS) is 9.38. The third-order valence-corrected chi connectivity index (χ3v) is 1.58. The molecule has 0 saturated heterocycles. The largest absolute Gasteiger partial charge is 0.376 e. The van der Waals surface area contributed by atoms with Crippen LogP contribution in [0.15, 0.2) is 24.3 Å². The van der Waals surface area contributed by atoms with E-state index >= 15 is 0 Å². The quantitative estimate of drug-likeness (QED) is 0.731. The second-order valence-electron chi connectivity index (χ2n) is 2.53. The summed E-state index contributed by atoms with van der Waals surface area (Å²) in [6.45, 7) is 0.197. The van der Waals surface area contributed by atoms with Crippen molar-refractivity contribution in [3.63, 3.8) is 0 Å². The highest BCUT2D eigenvalue weighted by molar-refractivity contribution is 5.80. The molecule has 0 radical (unpaired) electrons. The fourth-order valence-electron chi connectivity index (χ4n) is 0.838. The average molecular weight is 182 g/mol. The molecule has 0 fully saturated rings. The van der Waals surface area contributed by atoms with E-state index in [0.29, 0.717) is 0 Å². The molecule has 13 heavy (non-hydrogen) atoms. The first-order valence-corrected chi connectivity index (χ1v) is 3.92. The predicted molar refractivity (Wildman–Crippen MR) is 49.0 cm³/mol. The van der Waals surface area contributed by atoms with Gasteiger partial charge >= 0.3 is 0 Å². The molecule has 0 aliphatic heterocycles. The first kappa shape index (κ1) is 9.51.